The fourth-order valence-electron chi connectivity index (χ4n) is 3.92. The molecule has 3 rings (SSSR count). The number of hydrogen-bond donors (Lipinski definition) is 2. The normalized spacial score (nSPS) is 14.5. The van der Waals surface area contributed by atoms with Crippen molar-refractivity contribution in [3.05, 3.63) is 52.5 Å². The van der Waals surface area contributed by atoms with Crippen molar-refractivity contribution < 1.29 is 27.5 Å². The molecule has 35 heavy (non-hydrogen) atoms. The number of amides is 2. The molecule has 6 nitrogen and oxygen atoms in total. The minimum atomic E-state index is -4.89. The first-order valence-corrected chi connectivity index (χ1v) is 12.5. The molecule has 2 amide bonds. The van der Waals surface area contributed by atoms with Crippen LogP contribution in [0.2, 0.25) is 5.02 Å². The maximum Gasteiger partial charge on any atom is 0.573 e. The number of nitrogens with one attached hydrogen (secondary N) is 2. The average molecular weight is 530 g/mol. The molecule has 11 heteroatoms. The Hall–Kier alpha value is -2.59. The van der Waals surface area contributed by atoms with Crippen LogP contribution in [0.5, 0.6) is 5.75 Å². The van der Waals surface area contributed by atoms with E-state index >= 15 is 0 Å². The van der Waals surface area contributed by atoms with Crippen LogP contribution < -0.4 is 20.3 Å². The van der Waals surface area contributed by atoms with Gasteiger partial charge in [-0.15, -0.1) is 24.9 Å². The van der Waals surface area contributed by atoms with Crippen molar-refractivity contribution in [2.45, 2.75) is 50.5 Å². The number of rotatable bonds is 8. The molecule has 2 N–H and O–H groups in total. The molecule has 0 radical (unpaired) electrons. The molecule has 190 valence electrons. The van der Waals surface area contributed by atoms with Crippen LogP contribution in [0, 0.1) is 0 Å². The topological polar surface area (TPSA) is 70.7 Å². The van der Waals surface area contributed by atoms with E-state index in [9.17, 15) is 22.8 Å². The van der Waals surface area contributed by atoms with E-state index in [0.29, 0.717) is 36.6 Å². The van der Waals surface area contributed by atoms with Gasteiger partial charge in [0.15, 0.2) is 0 Å². The number of halogens is 4. The Morgan fingerprint density at radius 2 is 1.89 bits per heavy atom. The van der Waals surface area contributed by atoms with Crippen LogP contribution >= 0.6 is 23.4 Å². The maximum atomic E-state index is 13.0. The zero-order valence-corrected chi connectivity index (χ0v) is 20.9. The molecule has 0 spiro atoms. The average Bonchev–Trinajstić information content (AvgIpc) is 2.78. The first-order chi connectivity index (χ1) is 16.5. The van der Waals surface area contributed by atoms with Gasteiger partial charge in [-0.2, -0.15) is 0 Å². The summed E-state index contributed by atoms with van der Waals surface area (Å²) in [6.07, 6.45) is -3.62. The third-order valence-corrected chi connectivity index (χ3v) is 6.65. The molecule has 0 bridgehead atoms. The van der Waals surface area contributed by atoms with Gasteiger partial charge in [-0.1, -0.05) is 18.5 Å². The largest absolute Gasteiger partial charge is 0.573 e. The highest BCUT2D eigenvalue weighted by Crippen LogP contribution is 2.31. The van der Waals surface area contributed by atoms with Gasteiger partial charge in [-0.25, -0.2) is 0 Å². The van der Waals surface area contributed by atoms with Gasteiger partial charge in [-0.05, 0) is 54.5 Å². The Labute approximate surface area is 211 Å². The molecule has 2 aromatic rings. The summed E-state index contributed by atoms with van der Waals surface area (Å²) in [5.74, 6) is -0.279. The van der Waals surface area contributed by atoms with E-state index in [0.717, 1.165) is 22.3 Å². The van der Waals surface area contributed by atoms with Gasteiger partial charge in [0.25, 0.3) is 5.91 Å². The number of alkyl halides is 3. The van der Waals surface area contributed by atoms with Crippen LogP contribution in [0.25, 0.3) is 0 Å². The lowest BCUT2D eigenvalue weighted by Crippen LogP contribution is -2.44. The van der Waals surface area contributed by atoms with E-state index < -0.39 is 18.0 Å². The first kappa shape index (κ1) is 27.0. The predicted octanol–water partition coefficient (Wildman–Crippen LogP) is 5.39. The Morgan fingerprint density at radius 1 is 1.17 bits per heavy atom. The summed E-state index contributed by atoms with van der Waals surface area (Å²) in [5.41, 5.74) is 1.32. The van der Waals surface area contributed by atoms with Crippen molar-refractivity contribution in [3.8, 4) is 5.75 Å². The lowest BCUT2D eigenvalue weighted by atomic mass is 10.0. The summed E-state index contributed by atoms with van der Waals surface area (Å²) in [4.78, 5) is 27.1. The number of carbonyl (C=O) groups excluding carboxylic acids is 2. The van der Waals surface area contributed by atoms with Gasteiger partial charge in [0.2, 0.25) is 5.91 Å². The van der Waals surface area contributed by atoms with Gasteiger partial charge < -0.3 is 20.3 Å². The number of nitrogens with zero attached hydrogens (tertiary/aromatic N) is 1. The molecule has 0 atom stereocenters. The summed E-state index contributed by atoms with van der Waals surface area (Å²) in [7, 11) is 0. The van der Waals surface area contributed by atoms with Gasteiger partial charge in [-0.3, -0.25) is 9.59 Å². The molecule has 1 heterocycles. The van der Waals surface area contributed by atoms with Crippen molar-refractivity contribution in [1.29, 1.82) is 0 Å². The van der Waals surface area contributed by atoms with Crippen LogP contribution in [-0.4, -0.2) is 43.1 Å². The monoisotopic (exact) mass is 529 g/mol. The number of benzene rings is 2. The molecule has 1 aliphatic heterocycles. The molecule has 0 saturated carbocycles. The highest BCUT2D eigenvalue weighted by atomic mass is 35.5. The third-order valence-electron chi connectivity index (χ3n) is 5.42. The van der Waals surface area contributed by atoms with Crippen molar-refractivity contribution in [2.75, 3.05) is 23.7 Å². The fraction of sp³-hybridized carbons (Fsp3) is 0.417. The minimum absolute atomic E-state index is 0.00834. The molecule has 1 saturated heterocycles. The fourth-order valence-corrected chi connectivity index (χ4v) is 4.91. The van der Waals surface area contributed by atoms with Gasteiger partial charge in [0, 0.05) is 59.8 Å². The summed E-state index contributed by atoms with van der Waals surface area (Å²) in [6.45, 7) is 4.66. The molecule has 1 aliphatic rings. The molecular formula is C24H27ClF3N3O3S. The third kappa shape index (κ3) is 8.24. The highest BCUT2D eigenvalue weighted by molar-refractivity contribution is 7.99. The van der Waals surface area contributed by atoms with E-state index in [1.54, 1.807) is 30.0 Å². The smallest absolute Gasteiger partial charge is 0.406 e. The minimum Gasteiger partial charge on any atom is -0.406 e. The second-order valence-corrected chi connectivity index (χ2v) is 9.84. The number of thioether (sulfide) groups is 1. The molecule has 1 fully saturated rings. The highest BCUT2D eigenvalue weighted by Gasteiger charge is 2.32. The van der Waals surface area contributed by atoms with Crippen LogP contribution in [0.15, 0.2) is 41.3 Å². The van der Waals surface area contributed by atoms with Gasteiger partial charge in [0.1, 0.15) is 5.75 Å². The maximum absolute atomic E-state index is 13.0. The quantitative estimate of drug-likeness (QED) is 0.449. The Balaban J connectivity index is 1.79. The van der Waals surface area contributed by atoms with E-state index in [2.05, 4.69) is 15.4 Å². The summed E-state index contributed by atoms with van der Waals surface area (Å²) in [6, 6.07) is 9.31. The SMILES string of the molecule is CCSc1ccc(Cl)cc1CNC(=O)c1cc(OC(F)(F)F)cc(N2CCC(NC(C)=O)CC2)c1. The Bertz CT molecular complexity index is 1060. The van der Waals surface area contributed by atoms with Gasteiger partial charge in [0.05, 0.1) is 0 Å². The van der Waals surface area contributed by atoms with Crippen molar-refractivity contribution in [2.24, 2.45) is 0 Å². The van der Waals surface area contributed by atoms with Crippen LogP contribution in [0.4, 0.5) is 18.9 Å². The number of ether oxygens (including phenoxy) is 1. The van der Waals surface area contributed by atoms with E-state index in [4.69, 9.17) is 11.6 Å². The Kier molecular flexibility index (Phi) is 9.18. The van der Waals surface area contributed by atoms with E-state index in [-0.39, 0.29) is 24.1 Å². The zero-order chi connectivity index (χ0) is 25.6. The summed E-state index contributed by atoms with van der Waals surface area (Å²) >= 11 is 7.71. The molecule has 0 aliphatic carbocycles. The second-order valence-electron chi connectivity index (χ2n) is 8.09. The molecule has 2 aromatic carbocycles. The summed E-state index contributed by atoms with van der Waals surface area (Å²) in [5, 5.41) is 6.17. The van der Waals surface area contributed by atoms with Crippen LogP contribution in [0.1, 0.15) is 42.6 Å². The number of carbonyl (C=O) groups is 2. The van der Waals surface area contributed by atoms with Crippen LogP contribution in [-0.2, 0) is 11.3 Å². The van der Waals surface area contributed by atoms with E-state index in [1.165, 1.54) is 13.0 Å². The van der Waals surface area contributed by atoms with Crippen molar-refractivity contribution >= 4 is 40.9 Å². The van der Waals surface area contributed by atoms with Crippen molar-refractivity contribution in [3.63, 3.8) is 0 Å². The number of piperidine rings is 1. The lowest BCUT2D eigenvalue weighted by molar-refractivity contribution is -0.274. The molecule has 0 aromatic heterocycles. The standard InChI is InChI=1S/C24H27ClF3N3O3S/c1-3-35-22-5-4-18(25)10-17(22)14-29-23(33)16-11-20(13-21(12-16)34-24(26,27)28)31-8-6-19(7-9-31)30-15(2)32/h4-5,10-13,19H,3,6-9,14H2,1-2H3,(H,29,33)(H,30,32). The first-order valence-electron chi connectivity index (χ1n) is 11.2. The number of anilines is 1. The van der Waals surface area contributed by atoms with E-state index in [1.807, 2.05) is 17.9 Å². The second kappa shape index (κ2) is 11.9. The molecule has 0 unspecified atom stereocenters. The van der Waals surface area contributed by atoms with Crippen molar-refractivity contribution in [1.82, 2.24) is 10.6 Å². The lowest BCUT2D eigenvalue weighted by Gasteiger charge is -2.34. The molecular weight excluding hydrogens is 503 g/mol. The Morgan fingerprint density at radius 3 is 2.51 bits per heavy atom. The summed E-state index contributed by atoms with van der Waals surface area (Å²) < 4.78 is 43.0. The van der Waals surface area contributed by atoms with Crippen LogP contribution in [0.3, 0.4) is 0 Å². The number of hydrogen-bond acceptors (Lipinski definition) is 5. The zero-order valence-electron chi connectivity index (χ0n) is 19.4. The van der Waals surface area contributed by atoms with Gasteiger partial charge >= 0.3 is 6.36 Å². The predicted molar refractivity (Wildman–Crippen MR) is 131 cm³/mol.